The van der Waals surface area contributed by atoms with Gasteiger partial charge in [0.15, 0.2) is 0 Å². The van der Waals surface area contributed by atoms with Crippen molar-refractivity contribution in [1.29, 1.82) is 0 Å². The van der Waals surface area contributed by atoms with E-state index >= 15 is 0 Å². The molecule has 0 aliphatic rings. The van der Waals surface area contributed by atoms with Crippen LogP contribution in [0.25, 0.3) is 11.0 Å². The normalized spacial score (nSPS) is 11.1. The Morgan fingerprint density at radius 2 is 1.90 bits per heavy atom. The monoisotopic (exact) mass is 408 g/mol. The van der Waals surface area contributed by atoms with Gasteiger partial charge in [-0.3, -0.25) is 4.79 Å². The molecule has 0 radical (unpaired) electrons. The Morgan fingerprint density at radius 3 is 2.60 bits per heavy atom. The van der Waals surface area contributed by atoms with Gasteiger partial charge in [-0.2, -0.15) is 0 Å². The standard InChI is InChI=1S/C23H28N4O3/c1-26(2)13-7-12-24-22(28)15-21-25-19-14-18(23(29)30-3)10-11-20(19)27(21)16-17-8-5-4-6-9-17/h4-6,8-11,14H,7,12-13,15-16H2,1-3H3,(H,24,28). The van der Waals surface area contributed by atoms with E-state index in [4.69, 9.17) is 4.74 Å². The lowest BCUT2D eigenvalue weighted by Gasteiger charge is -2.11. The fourth-order valence-corrected chi connectivity index (χ4v) is 3.33. The molecule has 1 heterocycles. The number of carbonyl (C=O) groups excluding carboxylic acids is 2. The van der Waals surface area contributed by atoms with Crippen molar-refractivity contribution in [3.63, 3.8) is 0 Å². The van der Waals surface area contributed by atoms with Gasteiger partial charge in [0, 0.05) is 13.1 Å². The van der Waals surface area contributed by atoms with E-state index in [1.165, 1.54) is 7.11 Å². The maximum Gasteiger partial charge on any atom is 0.337 e. The molecule has 7 heteroatoms. The minimum absolute atomic E-state index is 0.0634. The molecule has 158 valence electrons. The molecule has 3 rings (SSSR count). The first kappa shape index (κ1) is 21.5. The second-order valence-electron chi connectivity index (χ2n) is 7.48. The van der Waals surface area contributed by atoms with Crippen molar-refractivity contribution >= 4 is 22.9 Å². The van der Waals surface area contributed by atoms with Gasteiger partial charge in [0.2, 0.25) is 5.91 Å². The Kier molecular flexibility index (Phi) is 7.19. The molecular formula is C23H28N4O3. The lowest BCUT2D eigenvalue weighted by molar-refractivity contribution is -0.120. The van der Waals surface area contributed by atoms with Crippen LogP contribution in [0.3, 0.4) is 0 Å². The number of carbonyl (C=O) groups is 2. The maximum absolute atomic E-state index is 12.5. The molecule has 7 nitrogen and oxygen atoms in total. The van der Waals surface area contributed by atoms with Crippen LogP contribution in [0.15, 0.2) is 48.5 Å². The number of esters is 1. The summed E-state index contributed by atoms with van der Waals surface area (Å²) in [6, 6.07) is 15.3. The third-order valence-electron chi connectivity index (χ3n) is 4.85. The van der Waals surface area contributed by atoms with Crippen molar-refractivity contribution < 1.29 is 14.3 Å². The van der Waals surface area contributed by atoms with Crippen LogP contribution in [0, 0.1) is 0 Å². The Labute approximate surface area is 176 Å². The Balaban J connectivity index is 1.85. The molecule has 0 unspecified atom stereocenters. The minimum atomic E-state index is -0.408. The number of hydrogen-bond acceptors (Lipinski definition) is 5. The summed E-state index contributed by atoms with van der Waals surface area (Å²) in [5, 5.41) is 2.97. The number of imidazole rings is 1. The summed E-state index contributed by atoms with van der Waals surface area (Å²) in [5.74, 6) is 0.197. The topological polar surface area (TPSA) is 76.5 Å². The van der Waals surface area contributed by atoms with Crippen molar-refractivity contribution in [1.82, 2.24) is 19.8 Å². The van der Waals surface area contributed by atoms with Crippen molar-refractivity contribution in [2.45, 2.75) is 19.4 Å². The van der Waals surface area contributed by atoms with Crippen LogP contribution in [-0.2, 0) is 22.5 Å². The SMILES string of the molecule is COC(=O)c1ccc2c(c1)nc(CC(=O)NCCCN(C)C)n2Cc1ccccc1. The van der Waals surface area contributed by atoms with E-state index in [0.717, 1.165) is 24.0 Å². The van der Waals surface area contributed by atoms with Crippen LogP contribution < -0.4 is 5.32 Å². The molecule has 1 N–H and O–H groups in total. The molecule has 30 heavy (non-hydrogen) atoms. The zero-order valence-electron chi connectivity index (χ0n) is 17.7. The molecule has 0 bridgehead atoms. The largest absolute Gasteiger partial charge is 0.465 e. The van der Waals surface area contributed by atoms with E-state index in [0.29, 0.717) is 30.0 Å². The van der Waals surface area contributed by atoms with Gasteiger partial charge in [0.05, 0.1) is 30.1 Å². The molecule has 0 atom stereocenters. The van der Waals surface area contributed by atoms with Crippen molar-refractivity contribution in [2.75, 3.05) is 34.3 Å². The van der Waals surface area contributed by atoms with Gasteiger partial charge in [-0.15, -0.1) is 0 Å². The van der Waals surface area contributed by atoms with Crippen LogP contribution >= 0.6 is 0 Å². The second kappa shape index (κ2) is 10.0. The number of hydrogen-bond donors (Lipinski definition) is 1. The summed E-state index contributed by atoms with van der Waals surface area (Å²) in [6.07, 6.45) is 1.07. The zero-order chi connectivity index (χ0) is 21.5. The van der Waals surface area contributed by atoms with Gasteiger partial charge in [0.25, 0.3) is 0 Å². The summed E-state index contributed by atoms with van der Waals surface area (Å²) in [7, 11) is 5.37. The van der Waals surface area contributed by atoms with Crippen LogP contribution in [0.2, 0.25) is 0 Å². The highest BCUT2D eigenvalue weighted by molar-refractivity contribution is 5.94. The van der Waals surface area contributed by atoms with E-state index in [1.54, 1.807) is 12.1 Å². The van der Waals surface area contributed by atoms with Gasteiger partial charge in [-0.25, -0.2) is 9.78 Å². The molecule has 0 saturated heterocycles. The van der Waals surface area contributed by atoms with Crippen molar-refractivity contribution in [2.24, 2.45) is 0 Å². The van der Waals surface area contributed by atoms with Gasteiger partial charge in [-0.05, 0) is 50.8 Å². The lowest BCUT2D eigenvalue weighted by atomic mass is 10.2. The van der Waals surface area contributed by atoms with Gasteiger partial charge in [0.1, 0.15) is 5.82 Å². The van der Waals surface area contributed by atoms with E-state index in [1.807, 2.05) is 55.1 Å². The molecule has 0 spiro atoms. The summed E-state index contributed by atoms with van der Waals surface area (Å²) in [4.78, 5) is 31.2. The highest BCUT2D eigenvalue weighted by atomic mass is 16.5. The van der Waals surface area contributed by atoms with E-state index in [2.05, 4.69) is 15.2 Å². The molecule has 3 aromatic rings. The number of fused-ring (bicyclic) bond motifs is 1. The predicted octanol–water partition coefficient (Wildman–Crippen LogP) is 2.48. The average Bonchev–Trinajstić information content (AvgIpc) is 3.07. The fraction of sp³-hybridized carbons (Fsp3) is 0.348. The first-order valence-corrected chi connectivity index (χ1v) is 10.0. The van der Waals surface area contributed by atoms with Crippen molar-refractivity contribution in [3.8, 4) is 0 Å². The number of aromatic nitrogens is 2. The number of nitrogens with one attached hydrogen (secondary N) is 1. The summed E-state index contributed by atoms with van der Waals surface area (Å²) >= 11 is 0. The number of nitrogens with zero attached hydrogens (tertiary/aromatic N) is 3. The van der Waals surface area contributed by atoms with Crippen molar-refractivity contribution in [3.05, 3.63) is 65.5 Å². The molecule has 2 aromatic carbocycles. The average molecular weight is 409 g/mol. The highest BCUT2D eigenvalue weighted by Gasteiger charge is 2.16. The predicted molar refractivity (Wildman–Crippen MR) is 117 cm³/mol. The molecule has 0 aliphatic carbocycles. The number of methoxy groups -OCH3 is 1. The summed E-state index contributed by atoms with van der Waals surface area (Å²) < 4.78 is 6.85. The maximum atomic E-state index is 12.5. The molecule has 1 amide bonds. The Hall–Kier alpha value is -3.19. The smallest absolute Gasteiger partial charge is 0.337 e. The third kappa shape index (κ3) is 5.45. The quantitative estimate of drug-likeness (QED) is 0.435. The molecular weight excluding hydrogens is 380 g/mol. The molecule has 0 saturated carbocycles. The van der Waals surface area contributed by atoms with E-state index in [9.17, 15) is 9.59 Å². The van der Waals surface area contributed by atoms with Gasteiger partial charge < -0.3 is 19.5 Å². The van der Waals surface area contributed by atoms with Crippen LogP contribution in [-0.4, -0.2) is 60.6 Å². The number of benzene rings is 2. The second-order valence-corrected chi connectivity index (χ2v) is 7.48. The Morgan fingerprint density at radius 1 is 1.13 bits per heavy atom. The molecule has 0 aliphatic heterocycles. The number of ether oxygens (including phenoxy) is 1. The molecule has 1 aromatic heterocycles. The zero-order valence-corrected chi connectivity index (χ0v) is 17.7. The lowest BCUT2D eigenvalue weighted by Crippen LogP contribution is -2.29. The first-order chi connectivity index (χ1) is 14.5. The van der Waals surface area contributed by atoms with Gasteiger partial charge >= 0.3 is 5.97 Å². The van der Waals surface area contributed by atoms with Crippen LogP contribution in [0.5, 0.6) is 0 Å². The first-order valence-electron chi connectivity index (χ1n) is 10.0. The summed E-state index contributed by atoms with van der Waals surface area (Å²) in [5.41, 5.74) is 3.10. The summed E-state index contributed by atoms with van der Waals surface area (Å²) in [6.45, 7) is 2.14. The van der Waals surface area contributed by atoms with Gasteiger partial charge in [-0.1, -0.05) is 30.3 Å². The van der Waals surface area contributed by atoms with E-state index < -0.39 is 5.97 Å². The minimum Gasteiger partial charge on any atom is -0.465 e. The van der Waals surface area contributed by atoms with Crippen LogP contribution in [0.1, 0.15) is 28.2 Å². The Bertz CT molecular complexity index is 1010. The highest BCUT2D eigenvalue weighted by Crippen LogP contribution is 2.21. The third-order valence-corrected chi connectivity index (χ3v) is 4.85. The van der Waals surface area contributed by atoms with E-state index in [-0.39, 0.29) is 12.3 Å². The molecule has 0 fully saturated rings. The van der Waals surface area contributed by atoms with Crippen LogP contribution in [0.4, 0.5) is 0 Å². The fourth-order valence-electron chi connectivity index (χ4n) is 3.33. The number of amides is 1. The number of rotatable bonds is 9.